The van der Waals surface area contributed by atoms with Crippen LogP contribution in [0.4, 0.5) is 5.69 Å². The molecular formula is C16H23N3O4. The van der Waals surface area contributed by atoms with Gasteiger partial charge in [-0.15, -0.1) is 0 Å². The number of hydrogen-bond acceptors (Lipinski definition) is 5. The summed E-state index contributed by atoms with van der Waals surface area (Å²) in [6.07, 6.45) is 0.196. The molecule has 1 aromatic carbocycles. The molecule has 0 aliphatic carbocycles. The molecule has 1 heterocycles. The summed E-state index contributed by atoms with van der Waals surface area (Å²) >= 11 is 0. The molecule has 1 aliphatic rings. The maximum absolute atomic E-state index is 11.3. The highest BCUT2D eigenvalue weighted by Gasteiger charge is 2.25. The summed E-state index contributed by atoms with van der Waals surface area (Å²) in [6.45, 7) is 4.32. The van der Waals surface area contributed by atoms with Gasteiger partial charge in [-0.1, -0.05) is 12.1 Å². The molecule has 1 aliphatic heterocycles. The van der Waals surface area contributed by atoms with Crippen molar-refractivity contribution in [2.24, 2.45) is 5.92 Å². The molecule has 1 amide bonds. The van der Waals surface area contributed by atoms with E-state index in [-0.39, 0.29) is 11.6 Å². The van der Waals surface area contributed by atoms with Crippen molar-refractivity contribution in [3.63, 3.8) is 0 Å². The smallest absolute Gasteiger partial charge is 0.269 e. The zero-order valence-electron chi connectivity index (χ0n) is 13.5. The van der Waals surface area contributed by atoms with Crippen LogP contribution in [0.2, 0.25) is 0 Å². The quantitative estimate of drug-likeness (QED) is 0.632. The fourth-order valence-corrected chi connectivity index (χ4v) is 3.03. The number of rotatable bonds is 6. The van der Waals surface area contributed by atoms with Gasteiger partial charge in [0.15, 0.2) is 0 Å². The topological polar surface area (TPSA) is 86.9 Å². The lowest BCUT2D eigenvalue weighted by atomic mass is 10.1. The van der Waals surface area contributed by atoms with Crippen molar-refractivity contribution in [3.8, 4) is 0 Å². The predicted molar refractivity (Wildman–Crippen MR) is 85.9 cm³/mol. The second-order valence-corrected chi connectivity index (χ2v) is 6.21. The first kappa shape index (κ1) is 17.4. The lowest BCUT2D eigenvalue weighted by Crippen LogP contribution is -2.32. The number of amides is 1. The number of likely N-dealkylation sites (N-methyl/N-ethyl adjacent to an activating group) is 1. The maximum Gasteiger partial charge on any atom is 0.269 e. The molecule has 2 rings (SSSR count). The van der Waals surface area contributed by atoms with Gasteiger partial charge in [-0.3, -0.25) is 14.9 Å². The van der Waals surface area contributed by atoms with Gasteiger partial charge in [0.1, 0.15) is 0 Å². The number of nitrogens with zero attached hydrogens (tertiary/aromatic N) is 3. The van der Waals surface area contributed by atoms with E-state index in [4.69, 9.17) is 0 Å². The molecule has 1 saturated heterocycles. The summed E-state index contributed by atoms with van der Waals surface area (Å²) in [6, 6.07) is 6.09. The van der Waals surface area contributed by atoms with E-state index in [1.165, 1.54) is 12.1 Å². The van der Waals surface area contributed by atoms with Gasteiger partial charge in [0.25, 0.3) is 5.69 Å². The molecular weight excluding hydrogens is 298 g/mol. The minimum absolute atomic E-state index is 0.0166. The van der Waals surface area contributed by atoms with Gasteiger partial charge < -0.3 is 14.9 Å². The molecule has 0 aromatic heterocycles. The number of carbonyl (C=O) groups is 1. The average Bonchev–Trinajstić information content (AvgIpc) is 2.95. The predicted octanol–water partition coefficient (Wildman–Crippen LogP) is 1.43. The zero-order chi connectivity index (χ0) is 17.0. The molecule has 2 unspecified atom stereocenters. The first-order valence-electron chi connectivity index (χ1n) is 7.73. The number of nitro groups is 1. The minimum Gasteiger partial charge on any atom is -0.387 e. The Bertz CT molecular complexity index is 578. The molecule has 23 heavy (non-hydrogen) atoms. The van der Waals surface area contributed by atoms with Gasteiger partial charge in [-0.05, 0) is 24.9 Å². The van der Waals surface area contributed by atoms with Crippen LogP contribution < -0.4 is 0 Å². The van der Waals surface area contributed by atoms with E-state index in [0.717, 1.165) is 26.1 Å². The SMILES string of the molecule is CC(=O)N1CCC(CN(C)CC(O)c2cccc([N+](=O)[O-])c2)C1. The van der Waals surface area contributed by atoms with Crippen LogP contribution in [-0.4, -0.2) is 59.0 Å². The van der Waals surface area contributed by atoms with E-state index in [2.05, 4.69) is 0 Å². The molecule has 126 valence electrons. The summed E-state index contributed by atoms with van der Waals surface area (Å²) in [5, 5.41) is 21.1. The molecule has 7 heteroatoms. The molecule has 2 atom stereocenters. The monoisotopic (exact) mass is 321 g/mol. The van der Waals surface area contributed by atoms with Gasteiger partial charge in [0.2, 0.25) is 5.91 Å². The van der Waals surface area contributed by atoms with Gasteiger partial charge in [0.05, 0.1) is 11.0 Å². The van der Waals surface area contributed by atoms with Gasteiger partial charge in [-0.2, -0.15) is 0 Å². The molecule has 1 fully saturated rings. The summed E-state index contributed by atoms with van der Waals surface area (Å²) in [7, 11) is 1.91. The third-order valence-corrected chi connectivity index (χ3v) is 4.25. The third kappa shape index (κ3) is 4.74. The molecule has 0 spiro atoms. The summed E-state index contributed by atoms with van der Waals surface area (Å²) in [4.78, 5) is 25.5. The van der Waals surface area contributed by atoms with Crippen LogP contribution in [0.15, 0.2) is 24.3 Å². The number of benzene rings is 1. The van der Waals surface area contributed by atoms with Crippen molar-refractivity contribution in [2.75, 3.05) is 33.2 Å². The van der Waals surface area contributed by atoms with Crippen LogP contribution in [-0.2, 0) is 4.79 Å². The number of non-ortho nitro benzene ring substituents is 1. The molecule has 7 nitrogen and oxygen atoms in total. The van der Waals surface area contributed by atoms with E-state index >= 15 is 0 Å². The number of aliphatic hydroxyl groups is 1. The Morgan fingerprint density at radius 1 is 1.57 bits per heavy atom. The van der Waals surface area contributed by atoms with Crippen LogP contribution in [0.25, 0.3) is 0 Å². The van der Waals surface area contributed by atoms with Crippen LogP contribution in [0.1, 0.15) is 25.0 Å². The fraction of sp³-hybridized carbons (Fsp3) is 0.562. The highest BCUT2D eigenvalue weighted by atomic mass is 16.6. The maximum atomic E-state index is 11.3. The molecule has 0 saturated carbocycles. The number of nitro benzene ring substituents is 1. The summed E-state index contributed by atoms with van der Waals surface area (Å²) < 4.78 is 0. The number of carbonyl (C=O) groups excluding carboxylic acids is 1. The van der Waals surface area contributed by atoms with E-state index in [0.29, 0.717) is 18.0 Å². The lowest BCUT2D eigenvalue weighted by molar-refractivity contribution is -0.385. The van der Waals surface area contributed by atoms with E-state index in [1.807, 2.05) is 16.8 Å². The third-order valence-electron chi connectivity index (χ3n) is 4.25. The minimum atomic E-state index is -0.773. The Hall–Kier alpha value is -1.99. The molecule has 1 aromatic rings. The van der Waals surface area contributed by atoms with Crippen LogP contribution >= 0.6 is 0 Å². The number of hydrogen-bond donors (Lipinski definition) is 1. The van der Waals surface area contributed by atoms with Crippen molar-refractivity contribution >= 4 is 11.6 Å². The highest BCUT2D eigenvalue weighted by Crippen LogP contribution is 2.21. The van der Waals surface area contributed by atoms with E-state index in [1.54, 1.807) is 19.1 Å². The Morgan fingerprint density at radius 2 is 2.30 bits per heavy atom. The Morgan fingerprint density at radius 3 is 2.91 bits per heavy atom. The van der Waals surface area contributed by atoms with Crippen molar-refractivity contribution in [2.45, 2.75) is 19.4 Å². The first-order chi connectivity index (χ1) is 10.9. The molecule has 1 N–H and O–H groups in total. The number of likely N-dealkylation sites (tertiary alicyclic amines) is 1. The lowest BCUT2D eigenvalue weighted by Gasteiger charge is -2.24. The normalized spacial score (nSPS) is 19.1. The second-order valence-electron chi connectivity index (χ2n) is 6.21. The standard InChI is InChI=1S/C16H23N3O4/c1-12(20)18-7-6-13(10-18)9-17(2)11-16(21)14-4-3-5-15(8-14)19(22)23/h3-5,8,13,16,21H,6-7,9-11H2,1-2H3. The number of aliphatic hydroxyl groups excluding tert-OH is 1. The Kier molecular flexibility index (Phi) is 5.68. The Balaban J connectivity index is 1.87. The average molecular weight is 321 g/mol. The van der Waals surface area contributed by atoms with Gasteiger partial charge in [0, 0.05) is 45.2 Å². The van der Waals surface area contributed by atoms with Gasteiger partial charge >= 0.3 is 0 Å². The van der Waals surface area contributed by atoms with Crippen molar-refractivity contribution in [1.82, 2.24) is 9.80 Å². The largest absolute Gasteiger partial charge is 0.387 e. The zero-order valence-corrected chi connectivity index (χ0v) is 13.5. The molecule has 0 radical (unpaired) electrons. The van der Waals surface area contributed by atoms with Crippen LogP contribution in [0.3, 0.4) is 0 Å². The summed E-state index contributed by atoms with van der Waals surface area (Å²) in [5.41, 5.74) is 0.528. The second kappa shape index (κ2) is 7.52. The van der Waals surface area contributed by atoms with Crippen molar-refractivity contribution in [1.29, 1.82) is 0 Å². The highest BCUT2D eigenvalue weighted by molar-refractivity contribution is 5.73. The fourth-order valence-electron chi connectivity index (χ4n) is 3.03. The molecule has 0 bridgehead atoms. The van der Waals surface area contributed by atoms with E-state index in [9.17, 15) is 20.0 Å². The van der Waals surface area contributed by atoms with Crippen LogP contribution in [0, 0.1) is 16.0 Å². The van der Waals surface area contributed by atoms with Crippen molar-refractivity contribution in [3.05, 3.63) is 39.9 Å². The van der Waals surface area contributed by atoms with Gasteiger partial charge in [-0.25, -0.2) is 0 Å². The summed E-state index contributed by atoms with van der Waals surface area (Å²) in [5.74, 6) is 0.507. The van der Waals surface area contributed by atoms with E-state index < -0.39 is 11.0 Å². The van der Waals surface area contributed by atoms with Crippen LogP contribution in [0.5, 0.6) is 0 Å². The van der Waals surface area contributed by atoms with Crippen molar-refractivity contribution < 1.29 is 14.8 Å². The Labute approximate surface area is 135 Å². The first-order valence-corrected chi connectivity index (χ1v) is 7.73.